The molecule has 0 unspecified atom stereocenters. The average Bonchev–Trinajstić information content (AvgIpc) is 2.94. The molecule has 1 fully saturated rings. The van der Waals surface area contributed by atoms with Crippen LogP contribution < -0.4 is 10.2 Å². The molecular formula is C22H24N4O3. The number of hydrogen-bond acceptors (Lipinski definition) is 5. The molecule has 0 aliphatic carbocycles. The fourth-order valence-corrected chi connectivity index (χ4v) is 3.75. The molecule has 0 bridgehead atoms. The summed E-state index contributed by atoms with van der Waals surface area (Å²) in [6, 6.07) is 10.6. The van der Waals surface area contributed by atoms with Gasteiger partial charge in [0.15, 0.2) is 0 Å². The van der Waals surface area contributed by atoms with Crippen LogP contribution in [0, 0.1) is 6.92 Å². The van der Waals surface area contributed by atoms with Crippen LogP contribution in [0.1, 0.15) is 36.6 Å². The molecule has 0 spiro atoms. The summed E-state index contributed by atoms with van der Waals surface area (Å²) in [5.41, 5.74) is 3.81. The first kappa shape index (κ1) is 19.1. The van der Waals surface area contributed by atoms with Crippen LogP contribution in [0.4, 0.5) is 11.4 Å². The molecule has 1 saturated heterocycles. The van der Waals surface area contributed by atoms with E-state index in [9.17, 15) is 14.4 Å². The van der Waals surface area contributed by atoms with Gasteiger partial charge in [0.25, 0.3) is 17.7 Å². The van der Waals surface area contributed by atoms with Crippen molar-refractivity contribution < 1.29 is 14.4 Å². The summed E-state index contributed by atoms with van der Waals surface area (Å²) in [7, 11) is 3.57. The fraction of sp³-hybridized carbons (Fsp3) is 0.318. The lowest BCUT2D eigenvalue weighted by atomic mass is 10.0. The Balaban J connectivity index is 1.51. The molecule has 2 aromatic carbocycles. The zero-order valence-electron chi connectivity index (χ0n) is 16.9. The number of anilines is 2. The molecule has 3 amide bonds. The minimum atomic E-state index is -0.382. The molecule has 1 N–H and O–H groups in total. The first-order valence-corrected chi connectivity index (χ1v) is 9.67. The molecular weight excluding hydrogens is 368 g/mol. The second kappa shape index (κ2) is 7.33. The van der Waals surface area contributed by atoms with Crippen LogP contribution in [0.2, 0.25) is 0 Å². The van der Waals surface area contributed by atoms with E-state index in [1.165, 1.54) is 19.2 Å². The lowest BCUT2D eigenvalue weighted by Gasteiger charge is -2.34. The average molecular weight is 392 g/mol. The molecule has 150 valence electrons. The molecule has 2 aromatic rings. The molecule has 7 nitrogen and oxygen atoms in total. The largest absolute Gasteiger partial charge is 0.369 e. The number of carbonyl (C=O) groups excluding carboxylic acids is 3. The SMILES string of the molecule is Cc1cc(N2CCN(C)CC2)ccc1NC(=O)c1ccc2c(c1)C(=O)N(C)C2=O. The first-order chi connectivity index (χ1) is 13.8. The zero-order valence-corrected chi connectivity index (χ0v) is 16.9. The molecule has 0 saturated carbocycles. The zero-order chi connectivity index (χ0) is 20.7. The first-order valence-electron chi connectivity index (χ1n) is 9.67. The monoisotopic (exact) mass is 392 g/mol. The molecule has 29 heavy (non-hydrogen) atoms. The van der Waals surface area contributed by atoms with E-state index >= 15 is 0 Å². The molecule has 7 heteroatoms. The summed E-state index contributed by atoms with van der Waals surface area (Å²) in [4.78, 5) is 42.6. The van der Waals surface area contributed by atoms with Gasteiger partial charge in [-0.3, -0.25) is 19.3 Å². The number of piperazine rings is 1. The number of likely N-dealkylation sites (N-methyl/N-ethyl adjacent to an activating group) is 1. The Labute approximate surface area is 169 Å². The summed E-state index contributed by atoms with van der Waals surface area (Å²) < 4.78 is 0. The number of carbonyl (C=O) groups is 3. The standard InChI is InChI=1S/C22H24N4O3/c1-14-12-16(26-10-8-24(2)9-11-26)5-7-19(14)23-20(27)15-4-6-17-18(13-15)22(29)25(3)21(17)28/h4-7,12-13H,8-11H2,1-3H3,(H,23,27). The maximum atomic E-state index is 12.7. The van der Waals surface area contributed by atoms with Crippen molar-refractivity contribution in [2.45, 2.75) is 6.92 Å². The van der Waals surface area contributed by atoms with Crippen LogP contribution >= 0.6 is 0 Å². The topological polar surface area (TPSA) is 73.0 Å². The maximum Gasteiger partial charge on any atom is 0.261 e. The van der Waals surface area contributed by atoms with Crippen LogP contribution in [-0.2, 0) is 0 Å². The van der Waals surface area contributed by atoms with Gasteiger partial charge in [-0.25, -0.2) is 0 Å². The fourth-order valence-electron chi connectivity index (χ4n) is 3.75. The highest BCUT2D eigenvalue weighted by molar-refractivity contribution is 6.22. The summed E-state index contributed by atoms with van der Waals surface area (Å²) in [6.45, 7) is 6.00. The number of imide groups is 1. The van der Waals surface area contributed by atoms with Crippen molar-refractivity contribution in [1.82, 2.24) is 9.80 Å². The van der Waals surface area contributed by atoms with Gasteiger partial charge in [-0.2, -0.15) is 0 Å². The van der Waals surface area contributed by atoms with E-state index in [1.54, 1.807) is 6.07 Å². The number of nitrogens with one attached hydrogen (secondary N) is 1. The van der Waals surface area contributed by atoms with Crippen molar-refractivity contribution in [2.24, 2.45) is 0 Å². The molecule has 4 rings (SSSR count). The minimum Gasteiger partial charge on any atom is -0.369 e. The van der Waals surface area contributed by atoms with Gasteiger partial charge < -0.3 is 15.1 Å². The van der Waals surface area contributed by atoms with Crippen molar-refractivity contribution in [3.8, 4) is 0 Å². The number of fused-ring (bicyclic) bond motifs is 1. The predicted molar refractivity (Wildman–Crippen MR) is 112 cm³/mol. The van der Waals surface area contributed by atoms with Crippen LogP contribution in [0.5, 0.6) is 0 Å². The quantitative estimate of drug-likeness (QED) is 0.811. The summed E-state index contributed by atoms with van der Waals surface area (Å²) >= 11 is 0. The van der Waals surface area contributed by atoms with Gasteiger partial charge in [-0.1, -0.05) is 0 Å². The summed E-state index contributed by atoms with van der Waals surface area (Å²) in [6.07, 6.45) is 0. The highest BCUT2D eigenvalue weighted by atomic mass is 16.2. The highest BCUT2D eigenvalue weighted by Gasteiger charge is 2.33. The maximum absolute atomic E-state index is 12.7. The Morgan fingerprint density at radius 3 is 2.28 bits per heavy atom. The van der Waals surface area contributed by atoms with E-state index in [0.29, 0.717) is 11.1 Å². The van der Waals surface area contributed by atoms with Crippen molar-refractivity contribution in [3.05, 3.63) is 58.7 Å². The predicted octanol–water partition coefficient (Wildman–Crippen LogP) is 2.22. The number of benzene rings is 2. The molecule has 2 aliphatic heterocycles. The number of aryl methyl sites for hydroxylation is 1. The molecule has 0 aromatic heterocycles. The lowest BCUT2D eigenvalue weighted by Crippen LogP contribution is -2.44. The van der Waals surface area contributed by atoms with E-state index in [1.807, 2.05) is 19.1 Å². The lowest BCUT2D eigenvalue weighted by molar-refractivity contribution is 0.0693. The molecule has 2 heterocycles. The number of amides is 3. The third kappa shape index (κ3) is 3.49. The van der Waals surface area contributed by atoms with Crippen molar-refractivity contribution in [3.63, 3.8) is 0 Å². The third-order valence-corrected chi connectivity index (χ3v) is 5.68. The van der Waals surface area contributed by atoms with E-state index in [-0.39, 0.29) is 23.3 Å². The highest BCUT2D eigenvalue weighted by Crippen LogP contribution is 2.26. The molecule has 0 radical (unpaired) electrons. The van der Waals surface area contributed by atoms with E-state index in [4.69, 9.17) is 0 Å². The summed E-state index contributed by atoms with van der Waals surface area (Å²) in [5, 5.41) is 2.92. The van der Waals surface area contributed by atoms with Crippen LogP contribution in [-0.4, -0.2) is 67.8 Å². The smallest absolute Gasteiger partial charge is 0.261 e. The Bertz CT molecular complexity index is 1010. The van der Waals surface area contributed by atoms with E-state index < -0.39 is 0 Å². The van der Waals surface area contributed by atoms with E-state index in [0.717, 1.165) is 48.0 Å². The number of rotatable bonds is 3. The Hall–Kier alpha value is -3.19. The number of hydrogen-bond donors (Lipinski definition) is 1. The Morgan fingerprint density at radius 2 is 1.59 bits per heavy atom. The van der Waals surface area contributed by atoms with Gasteiger partial charge in [-0.15, -0.1) is 0 Å². The van der Waals surface area contributed by atoms with Gasteiger partial charge in [0, 0.05) is 50.2 Å². The number of nitrogens with zero attached hydrogens (tertiary/aromatic N) is 3. The van der Waals surface area contributed by atoms with Gasteiger partial charge in [0.2, 0.25) is 0 Å². The van der Waals surface area contributed by atoms with Gasteiger partial charge >= 0.3 is 0 Å². The normalized spacial score (nSPS) is 16.9. The van der Waals surface area contributed by atoms with Gasteiger partial charge in [0.05, 0.1) is 11.1 Å². The minimum absolute atomic E-state index is 0.271. The van der Waals surface area contributed by atoms with Crippen molar-refractivity contribution in [1.29, 1.82) is 0 Å². The second-order valence-electron chi connectivity index (χ2n) is 7.67. The van der Waals surface area contributed by atoms with Gasteiger partial charge in [0.1, 0.15) is 0 Å². The summed E-state index contributed by atoms with van der Waals surface area (Å²) in [5.74, 6) is -1.03. The third-order valence-electron chi connectivity index (χ3n) is 5.68. The van der Waals surface area contributed by atoms with Gasteiger partial charge in [-0.05, 0) is 55.9 Å². The van der Waals surface area contributed by atoms with Crippen LogP contribution in [0.15, 0.2) is 36.4 Å². The van der Waals surface area contributed by atoms with Crippen LogP contribution in [0.25, 0.3) is 0 Å². The van der Waals surface area contributed by atoms with E-state index in [2.05, 4.69) is 28.2 Å². The molecule has 0 atom stereocenters. The van der Waals surface area contributed by atoms with Crippen LogP contribution in [0.3, 0.4) is 0 Å². The van der Waals surface area contributed by atoms with Crippen molar-refractivity contribution >= 4 is 29.1 Å². The van der Waals surface area contributed by atoms with Crippen molar-refractivity contribution in [2.75, 3.05) is 50.5 Å². The second-order valence-corrected chi connectivity index (χ2v) is 7.67. The molecule has 2 aliphatic rings. The Morgan fingerprint density at radius 1 is 0.897 bits per heavy atom. The Kier molecular flexibility index (Phi) is 4.84.